The maximum Gasteiger partial charge on any atom is 0.268 e. The van der Waals surface area contributed by atoms with Crippen molar-refractivity contribution in [2.45, 2.75) is 32.4 Å². The van der Waals surface area contributed by atoms with Crippen LogP contribution < -0.4 is 5.32 Å². The fraction of sp³-hybridized carbons (Fsp3) is 0.385. The zero-order chi connectivity index (χ0) is 13.4. The van der Waals surface area contributed by atoms with Gasteiger partial charge >= 0.3 is 0 Å². The lowest BCUT2D eigenvalue weighted by atomic mass is 10.2. The average molecular weight is 323 g/mol. The molecular weight excluding hydrogens is 308 g/mol. The highest BCUT2D eigenvalue weighted by Gasteiger charge is 2.27. The van der Waals surface area contributed by atoms with Gasteiger partial charge in [0.15, 0.2) is 0 Å². The Morgan fingerprint density at radius 1 is 1.63 bits per heavy atom. The fourth-order valence-corrected chi connectivity index (χ4v) is 2.54. The van der Waals surface area contributed by atoms with Crippen LogP contribution in [0.25, 0.3) is 0 Å². The smallest absolute Gasteiger partial charge is 0.268 e. The Kier molecular flexibility index (Phi) is 3.18. The largest absolute Gasteiger partial charge is 0.347 e. The number of hydrogen-bond acceptors (Lipinski definition) is 2. The molecule has 6 heteroatoms. The van der Waals surface area contributed by atoms with E-state index in [9.17, 15) is 4.79 Å². The van der Waals surface area contributed by atoms with Crippen molar-refractivity contribution in [1.29, 1.82) is 0 Å². The summed E-state index contributed by atoms with van der Waals surface area (Å²) in [7, 11) is 0. The molecule has 1 fully saturated rings. The molecular formula is C13H15BrN4O. The molecule has 0 bridgehead atoms. The molecule has 0 radical (unpaired) electrons. The van der Waals surface area contributed by atoms with Crippen molar-refractivity contribution in [2.24, 2.45) is 0 Å². The van der Waals surface area contributed by atoms with Crippen LogP contribution in [0.2, 0.25) is 0 Å². The van der Waals surface area contributed by atoms with Crippen LogP contribution in [-0.2, 0) is 6.54 Å². The van der Waals surface area contributed by atoms with E-state index in [1.165, 1.54) is 0 Å². The zero-order valence-electron chi connectivity index (χ0n) is 10.6. The van der Waals surface area contributed by atoms with Crippen LogP contribution in [0, 0.1) is 6.92 Å². The second-order valence-electron chi connectivity index (χ2n) is 4.88. The molecule has 19 heavy (non-hydrogen) atoms. The van der Waals surface area contributed by atoms with E-state index in [0.29, 0.717) is 12.6 Å². The van der Waals surface area contributed by atoms with E-state index in [-0.39, 0.29) is 5.91 Å². The van der Waals surface area contributed by atoms with Gasteiger partial charge in [0, 0.05) is 34.5 Å². The quantitative estimate of drug-likeness (QED) is 0.908. The van der Waals surface area contributed by atoms with Crippen molar-refractivity contribution >= 4 is 21.8 Å². The van der Waals surface area contributed by atoms with E-state index >= 15 is 0 Å². The molecule has 0 saturated heterocycles. The summed E-state index contributed by atoms with van der Waals surface area (Å²) in [6.07, 6.45) is 6.03. The summed E-state index contributed by atoms with van der Waals surface area (Å²) in [4.78, 5) is 12.2. The van der Waals surface area contributed by atoms with Crippen molar-refractivity contribution in [3.63, 3.8) is 0 Å². The van der Waals surface area contributed by atoms with Gasteiger partial charge < -0.3 is 9.88 Å². The molecule has 100 valence electrons. The highest BCUT2D eigenvalue weighted by atomic mass is 79.9. The monoisotopic (exact) mass is 322 g/mol. The van der Waals surface area contributed by atoms with E-state index in [2.05, 4.69) is 36.0 Å². The highest BCUT2D eigenvalue weighted by Crippen LogP contribution is 2.37. The third-order valence-corrected chi connectivity index (χ3v) is 3.80. The number of amides is 1. The van der Waals surface area contributed by atoms with Crippen molar-refractivity contribution in [1.82, 2.24) is 20.1 Å². The third-order valence-electron chi connectivity index (χ3n) is 3.36. The van der Waals surface area contributed by atoms with E-state index in [1.54, 1.807) is 6.20 Å². The minimum atomic E-state index is -0.0433. The summed E-state index contributed by atoms with van der Waals surface area (Å²) in [6, 6.07) is 2.36. The Labute approximate surface area is 119 Å². The summed E-state index contributed by atoms with van der Waals surface area (Å²) in [5, 5.41) is 9.74. The maximum atomic E-state index is 12.2. The number of H-pyrrole nitrogens is 1. The number of carbonyl (C=O) groups is 1. The number of halogens is 1. The summed E-state index contributed by atoms with van der Waals surface area (Å²) >= 11 is 3.43. The van der Waals surface area contributed by atoms with E-state index in [4.69, 9.17) is 0 Å². The van der Waals surface area contributed by atoms with Crippen LogP contribution in [0.15, 0.2) is 22.9 Å². The van der Waals surface area contributed by atoms with Crippen LogP contribution in [0.3, 0.4) is 0 Å². The zero-order valence-corrected chi connectivity index (χ0v) is 12.2. The van der Waals surface area contributed by atoms with Crippen LogP contribution >= 0.6 is 15.9 Å². The van der Waals surface area contributed by atoms with Crippen molar-refractivity contribution in [3.05, 3.63) is 39.9 Å². The SMILES string of the molecule is Cc1[nH]ncc1CNC(=O)c1cc(Br)cn1C1CC1. The van der Waals surface area contributed by atoms with Crippen LogP contribution in [0.5, 0.6) is 0 Å². The lowest BCUT2D eigenvalue weighted by Crippen LogP contribution is -2.25. The topological polar surface area (TPSA) is 62.7 Å². The number of aromatic amines is 1. The van der Waals surface area contributed by atoms with Gasteiger partial charge in [-0.25, -0.2) is 0 Å². The molecule has 0 aromatic carbocycles. The molecule has 5 nitrogen and oxygen atoms in total. The van der Waals surface area contributed by atoms with Gasteiger partial charge in [-0.15, -0.1) is 0 Å². The molecule has 0 aliphatic heterocycles. The van der Waals surface area contributed by atoms with Crippen LogP contribution in [-0.4, -0.2) is 20.7 Å². The van der Waals surface area contributed by atoms with Gasteiger partial charge in [-0.3, -0.25) is 9.89 Å². The standard InChI is InChI=1S/C13H15BrN4O/c1-8-9(6-16-17-8)5-15-13(19)12-4-10(14)7-18(12)11-2-3-11/h4,6-7,11H,2-3,5H2,1H3,(H,15,19)(H,16,17). The van der Waals surface area contributed by atoms with Crippen molar-refractivity contribution < 1.29 is 4.79 Å². The van der Waals surface area contributed by atoms with Gasteiger partial charge in [0.05, 0.1) is 6.20 Å². The average Bonchev–Trinajstić information content (AvgIpc) is 3.04. The number of aryl methyl sites for hydroxylation is 1. The fourth-order valence-electron chi connectivity index (χ4n) is 2.10. The lowest BCUT2D eigenvalue weighted by Gasteiger charge is -2.08. The normalized spacial score (nSPS) is 14.6. The number of nitrogens with zero attached hydrogens (tertiary/aromatic N) is 2. The minimum Gasteiger partial charge on any atom is -0.347 e. The van der Waals surface area contributed by atoms with Gasteiger partial charge in [0.2, 0.25) is 0 Å². The van der Waals surface area contributed by atoms with Crippen molar-refractivity contribution in [2.75, 3.05) is 0 Å². The summed E-state index contributed by atoms with van der Waals surface area (Å²) in [5.41, 5.74) is 2.71. The molecule has 1 saturated carbocycles. The molecule has 0 atom stereocenters. The Hall–Kier alpha value is -1.56. The van der Waals surface area contributed by atoms with Crippen molar-refractivity contribution in [3.8, 4) is 0 Å². The molecule has 2 heterocycles. The lowest BCUT2D eigenvalue weighted by molar-refractivity contribution is 0.0941. The molecule has 2 aromatic rings. The highest BCUT2D eigenvalue weighted by molar-refractivity contribution is 9.10. The Balaban J connectivity index is 1.72. The number of rotatable bonds is 4. The maximum absolute atomic E-state index is 12.2. The van der Waals surface area contributed by atoms with Gasteiger partial charge in [-0.05, 0) is 41.8 Å². The van der Waals surface area contributed by atoms with E-state index in [1.807, 2.05) is 19.2 Å². The predicted octanol–water partition coefficient (Wildman–Crippen LogP) is 2.55. The number of carbonyl (C=O) groups excluding carboxylic acids is 1. The summed E-state index contributed by atoms with van der Waals surface area (Å²) < 4.78 is 3.01. The van der Waals surface area contributed by atoms with Gasteiger partial charge in [-0.1, -0.05) is 0 Å². The number of hydrogen-bond donors (Lipinski definition) is 2. The first-order valence-electron chi connectivity index (χ1n) is 6.29. The Morgan fingerprint density at radius 3 is 3.05 bits per heavy atom. The first-order valence-corrected chi connectivity index (χ1v) is 7.09. The third kappa shape index (κ3) is 2.58. The summed E-state index contributed by atoms with van der Waals surface area (Å²) in [6.45, 7) is 2.44. The number of aromatic nitrogens is 3. The van der Waals surface area contributed by atoms with Crippen LogP contribution in [0.4, 0.5) is 0 Å². The molecule has 1 aliphatic rings. The first-order chi connectivity index (χ1) is 9.15. The van der Waals surface area contributed by atoms with Gasteiger partial charge in [0.25, 0.3) is 5.91 Å². The molecule has 1 amide bonds. The Bertz CT molecular complexity index is 612. The molecule has 2 N–H and O–H groups in total. The first kappa shape index (κ1) is 12.5. The van der Waals surface area contributed by atoms with E-state index < -0.39 is 0 Å². The molecule has 3 rings (SSSR count). The molecule has 0 unspecified atom stereocenters. The summed E-state index contributed by atoms with van der Waals surface area (Å²) in [5.74, 6) is -0.0433. The second-order valence-corrected chi connectivity index (χ2v) is 5.80. The molecule has 0 spiro atoms. The second kappa shape index (κ2) is 4.85. The van der Waals surface area contributed by atoms with Gasteiger partial charge in [-0.2, -0.15) is 5.10 Å². The Morgan fingerprint density at radius 2 is 2.42 bits per heavy atom. The predicted molar refractivity (Wildman–Crippen MR) is 74.9 cm³/mol. The van der Waals surface area contributed by atoms with Crippen LogP contribution in [0.1, 0.15) is 40.6 Å². The van der Waals surface area contributed by atoms with Gasteiger partial charge in [0.1, 0.15) is 5.69 Å². The number of nitrogens with one attached hydrogen (secondary N) is 2. The minimum absolute atomic E-state index is 0.0433. The van der Waals surface area contributed by atoms with E-state index in [0.717, 1.165) is 34.3 Å². The molecule has 2 aromatic heterocycles. The molecule has 1 aliphatic carbocycles.